The molecule has 2 amide bonds. The largest absolute Gasteiger partial charge is 0.573 e. The molecule has 1 aromatic heterocycles. The number of aromatic hydroxyl groups is 1. The zero-order valence-electron chi connectivity index (χ0n) is 27.4. The van der Waals surface area contributed by atoms with Crippen molar-refractivity contribution in [2.75, 3.05) is 5.43 Å². The Labute approximate surface area is 293 Å². The molecule has 2 N–H and O–H groups in total. The van der Waals surface area contributed by atoms with Crippen molar-refractivity contribution in [3.8, 4) is 17.2 Å². The van der Waals surface area contributed by atoms with E-state index in [-0.39, 0.29) is 18.5 Å². The molecule has 0 spiro atoms. The van der Waals surface area contributed by atoms with E-state index in [9.17, 15) is 32.7 Å². The van der Waals surface area contributed by atoms with Crippen LogP contribution in [0.1, 0.15) is 35.1 Å². The minimum absolute atomic E-state index is 0.128. The maximum Gasteiger partial charge on any atom is 0.573 e. The lowest BCUT2D eigenvalue weighted by molar-refractivity contribution is -0.274. The summed E-state index contributed by atoms with van der Waals surface area (Å²) in [5.41, 5.74) is 2.05. The normalized spacial score (nSPS) is 22.3. The molecule has 3 aliphatic rings. The fraction of sp³-hybridized carbons (Fsp3) is 0.211. The Balaban J connectivity index is 1.39. The number of nitrogens with zero attached hydrogens (tertiary/aromatic N) is 4. The molecule has 1 aliphatic carbocycles. The van der Waals surface area contributed by atoms with Gasteiger partial charge in [-0.2, -0.15) is 5.01 Å². The molecule has 0 bridgehead atoms. The molecule has 4 aromatic carbocycles. The van der Waals surface area contributed by atoms with Crippen molar-refractivity contribution >= 4 is 17.5 Å². The lowest BCUT2D eigenvalue weighted by Gasteiger charge is -2.49. The smallest absolute Gasteiger partial charge is 0.508 e. The Morgan fingerprint density at radius 1 is 0.865 bits per heavy atom. The summed E-state index contributed by atoms with van der Waals surface area (Å²) in [7, 11) is 0. The Kier molecular flexibility index (Phi) is 7.52. The van der Waals surface area contributed by atoms with E-state index in [1.54, 1.807) is 91.0 Å². The third-order valence-corrected chi connectivity index (χ3v) is 10.2. The monoisotopic (exact) mass is 709 g/mol. The van der Waals surface area contributed by atoms with E-state index in [0.29, 0.717) is 22.5 Å². The number of anilines is 1. The molecular formula is C38H30F3N5O6. The van der Waals surface area contributed by atoms with Crippen LogP contribution in [0, 0.1) is 12.8 Å². The number of aryl methyl sites for hydroxylation is 1. The number of benzene rings is 4. The summed E-state index contributed by atoms with van der Waals surface area (Å²) in [5.74, 6) is -5.03. The number of phenolic OH excluding ortho intramolecular Hbond substituents is 1. The van der Waals surface area contributed by atoms with E-state index in [4.69, 9.17) is 0 Å². The number of para-hydroxylation sites is 1. The standard InChI is InChI=1S/C38H30F3N5O6/c1-22-12-14-24(15-13-22)42-45-33(48)29-21-30-27(18-19-43-35(50)44(36(51)46(30)43)25-10-6-3-7-11-25)32(37(29,34(45)49)23-8-4-2-5-9-23)28-20-26(16-17-31(28)47)52-38(39,40)41/h2-18,20,29-30,32,42,47H,19,21H2,1H3/t29-,30+,32+,37+/m0/s1. The number of carbonyl (C=O) groups excluding carboxylic acids is 2. The number of alkyl halides is 3. The van der Waals surface area contributed by atoms with E-state index >= 15 is 4.79 Å². The van der Waals surface area contributed by atoms with Crippen molar-refractivity contribution in [1.82, 2.24) is 18.9 Å². The lowest BCUT2D eigenvalue weighted by Crippen LogP contribution is -2.53. The van der Waals surface area contributed by atoms with E-state index in [2.05, 4.69) is 10.2 Å². The van der Waals surface area contributed by atoms with Gasteiger partial charge in [0.1, 0.15) is 11.5 Å². The third kappa shape index (κ3) is 4.96. The quantitative estimate of drug-likeness (QED) is 0.180. The highest BCUT2D eigenvalue weighted by Gasteiger charge is 2.69. The van der Waals surface area contributed by atoms with E-state index < -0.39 is 64.3 Å². The number of carbonyl (C=O) groups is 2. The van der Waals surface area contributed by atoms with Gasteiger partial charge >= 0.3 is 17.7 Å². The van der Waals surface area contributed by atoms with Gasteiger partial charge in [0.15, 0.2) is 0 Å². The van der Waals surface area contributed by atoms with Crippen LogP contribution >= 0.6 is 0 Å². The second kappa shape index (κ2) is 11.9. The molecule has 8 rings (SSSR count). The van der Waals surface area contributed by atoms with Crippen molar-refractivity contribution < 1.29 is 32.6 Å². The molecule has 2 aliphatic heterocycles. The zero-order chi connectivity index (χ0) is 36.5. The number of amides is 2. The lowest BCUT2D eigenvalue weighted by atomic mass is 9.53. The summed E-state index contributed by atoms with van der Waals surface area (Å²) in [5, 5.41) is 12.4. The molecule has 1 saturated heterocycles. The molecule has 264 valence electrons. The summed E-state index contributed by atoms with van der Waals surface area (Å²) < 4.78 is 48.4. The first-order valence-electron chi connectivity index (χ1n) is 16.5. The number of phenols is 1. The molecule has 2 fully saturated rings. The van der Waals surface area contributed by atoms with Crippen molar-refractivity contribution in [3.05, 3.63) is 152 Å². The summed E-state index contributed by atoms with van der Waals surface area (Å²) in [6, 6.07) is 25.6. The number of ether oxygens (including phenoxy) is 1. The Hall–Kier alpha value is -6.31. The van der Waals surface area contributed by atoms with Gasteiger partial charge in [0.2, 0.25) is 0 Å². The van der Waals surface area contributed by atoms with E-state index in [1.807, 2.05) is 6.92 Å². The maximum atomic E-state index is 15.2. The highest BCUT2D eigenvalue weighted by Crippen LogP contribution is 2.63. The Morgan fingerprint density at radius 2 is 1.54 bits per heavy atom. The molecule has 14 heteroatoms. The summed E-state index contributed by atoms with van der Waals surface area (Å²) in [4.78, 5) is 57.9. The number of nitrogens with one attached hydrogen (secondary N) is 1. The fourth-order valence-electron chi connectivity index (χ4n) is 8.11. The molecule has 3 heterocycles. The van der Waals surface area contributed by atoms with Crippen LogP contribution in [0.5, 0.6) is 11.5 Å². The van der Waals surface area contributed by atoms with Gasteiger partial charge in [-0.25, -0.2) is 23.5 Å². The number of hydrazine groups is 1. The highest BCUT2D eigenvalue weighted by atomic mass is 19.4. The van der Waals surface area contributed by atoms with E-state index in [0.717, 1.165) is 33.3 Å². The average Bonchev–Trinajstić information content (AvgIpc) is 3.51. The zero-order valence-corrected chi connectivity index (χ0v) is 27.4. The SMILES string of the molecule is Cc1ccc(NN2C(=O)[C@@H]3C[C@@H]4C(=CCn5c(=O)n(-c6ccccc6)c(=O)n54)[C@H](c4cc(OC(F)(F)F)ccc4O)[C@]3(c3ccccc3)C2=O)cc1. The van der Waals surface area contributed by atoms with Gasteiger partial charge < -0.3 is 9.84 Å². The van der Waals surface area contributed by atoms with Crippen LogP contribution in [0.2, 0.25) is 0 Å². The number of halogens is 3. The third-order valence-electron chi connectivity index (χ3n) is 10.2. The first-order valence-corrected chi connectivity index (χ1v) is 16.5. The van der Waals surface area contributed by atoms with Crippen LogP contribution in [0.3, 0.4) is 0 Å². The van der Waals surface area contributed by atoms with Crippen molar-refractivity contribution in [3.63, 3.8) is 0 Å². The van der Waals surface area contributed by atoms with Crippen molar-refractivity contribution in [1.29, 1.82) is 0 Å². The molecule has 5 aromatic rings. The van der Waals surface area contributed by atoms with Gasteiger partial charge in [-0.3, -0.25) is 15.0 Å². The van der Waals surface area contributed by atoms with Crippen LogP contribution in [0.15, 0.2) is 124 Å². The Bertz CT molecular complexity index is 2380. The average molecular weight is 710 g/mol. The van der Waals surface area contributed by atoms with E-state index in [1.165, 1.54) is 9.36 Å². The van der Waals surface area contributed by atoms with Crippen LogP contribution in [-0.4, -0.2) is 42.2 Å². The van der Waals surface area contributed by atoms with Crippen LogP contribution in [-0.2, 0) is 21.5 Å². The molecular weight excluding hydrogens is 679 g/mol. The topological polar surface area (TPSA) is 128 Å². The number of fused-ring (bicyclic) bond motifs is 4. The highest BCUT2D eigenvalue weighted by molar-refractivity contribution is 6.12. The number of hydrogen-bond acceptors (Lipinski definition) is 7. The minimum Gasteiger partial charge on any atom is -0.508 e. The van der Waals surface area contributed by atoms with Gasteiger partial charge in [0.05, 0.1) is 35.3 Å². The fourth-order valence-corrected chi connectivity index (χ4v) is 8.11. The molecule has 0 radical (unpaired) electrons. The van der Waals surface area contributed by atoms with Gasteiger partial charge in [-0.1, -0.05) is 72.3 Å². The molecule has 0 unspecified atom stereocenters. The molecule has 11 nitrogen and oxygen atoms in total. The second-order valence-corrected chi connectivity index (χ2v) is 13.1. The summed E-state index contributed by atoms with van der Waals surface area (Å²) in [6.07, 6.45) is -3.56. The van der Waals surface area contributed by atoms with Gasteiger partial charge in [0.25, 0.3) is 11.8 Å². The first kappa shape index (κ1) is 32.9. The van der Waals surface area contributed by atoms with Crippen LogP contribution in [0.25, 0.3) is 5.69 Å². The van der Waals surface area contributed by atoms with Gasteiger partial charge in [0, 0.05) is 11.5 Å². The minimum atomic E-state index is -5.08. The number of hydrogen-bond donors (Lipinski definition) is 2. The second-order valence-electron chi connectivity index (χ2n) is 13.1. The number of rotatable bonds is 6. The van der Waals surface area contributed by atoms with Gasteiger partial charge in [-0.05, 0) is 66.9 Å². The van der Waals surface area contributed by atoms with Gasteiger partial charge in [-0.15, -0.1) is 13.2 Å². The number of aromatic nitrogens is 3. The van der Waals surface area contributed by atoms with Crippen molar-refractivity contribution in [2.24, 2.45) is 5.92 Å². The summed E-state index contributed by atoms with van der Waals surface area (Å²) >= 11 is 0. The number of imide groups is 1. The van der Waals surface area contributed by atoms with Crippen LogP contribution < -0.4 is 21.5 Å². The predicted molar refractivity (Wildman–Crippen MR) is 182 cm³/mol. The van der Waals surface area contributed by atoms with Crippen molar-refractivity contribution in [2.45, 2.75) is 43.6 Å². The van der Waals surface area contributed by atoms with Crippen LogP contribution in [0.4, 0.5) is 18.9 Å². The molecule has 1 saturated carbocycles. The first-order chi connectivity index (χ1) is 24.9. The number of allylic oxidation sites excluding steroid dienone is 2. The molecule has 4 atom stereocenters. The predicted octanol–water partition coefficient (Wildman–Crippen LogP) is 5.33. The summed E-state index contributed by atoms with van der Waals surface area (Å²) in [6.45, 7) is 1.74. The Morgan fingerprint density at radius 3 is 2.21 bits per heavy atom. The maximum absolute atomic E-state index is 15.2. The molecule has 52 heavy (non-hydrogen) atoms.